The van der Waals surface area contributed by atoms with Gasteiger partial charge in [-0.3, -0.25) is 4.79 Å². The van der Waals surface area contributed by atoms with Crippen molar-refractivity contribution in [1.29, 1.82) is 0 Å². The fraction of sp³-hybridized carbons (Fsp3) is 0.958. The average Bonchev–Trinajstić information content (AvgIpc) is 3.37. The van der Waals surface area contributed by atoms with Crippen LogP contribution in [0.5, 0.6) is 0 Å². The Bertz CT molecular complexity index is 669. The predicted molar refractivity (Wildman–Crippen MR) is 127 cm³/mol. The second kappa shape index (κ2) is 10.1. The summed E-state index contributed by atoms with van der Waals surface area (Å²) in [5, 5.41) is 10.9. The van der Waals surface area contributed by atoms with Gasteiger partial charge in [-0.15, -0.1) is 11.8 Å². The molecule has 5 aliphatic rings. The van der Waals surface area contributed by atoms with Gasteiger partial charge in [0, 0.05) is 44.8 Å². The molecule has 0 aromatic carbocycles. The number of methoxy groups -OCH3 is 2. The van der Waals surface area contributed by atoms with E-state index in [4.69, 9.17) is 15.2 Å². The highest BCUT2D eigenvalue weighted by Crippen LogP contribution is 2.47. The van der Waals surface area contributed by atoms with Gasteiger partial charge in [0.2, 0.25) is 5.91 Å². The Hall–Kier alpha value is -0.380. The lowest BCUT2D eigenvalue weighted by molar-refractivity contribution is -0.121. The first-order chi connectivity index (χ1) is 15.6. The van der Waals surface area contributed by atoms with Crippen molar-refractivity contribution in [3.63, 3.8) is 0 Å². The summed E-state index contributed by atoms with van der Waals surface area (Å²) in [5.74, 6) is 2.54. The van der Waals surface area contributed by atoms with Gasteiger partial charge in [-0.1, -0.05) is 12.8 Å². The van der Waals surface area contributed by atoms with Crippen LogP contribution < -0.4 is 21.7 Å². The van der Waals surface area contributed by atoms with Crippen LogP contribution in [0.4, 0.5) is 0 Å². The molecule has 5 rings (SSSR count). The van der Waals surface area contributed by atoms with Crippen LogP contribution in [0.25, 0.3) is 0 Å². The third-order valence-electron chi connectivity index (χ3n) is 9.23. The van der Waals surface area contributed by atoms with E-state index >= 15 is 0 Å². The van der Waals surface area contributed by atoms with Crippen LogP contribution in [0.2, 0.25) is 0 Å². The molecular formula is C24H42N4O3S. The summed E-state index contributed by atoms with van der Waals surface area (Å²) < 4.78 is 11.4. The van der Waals surface area contributed by atoms with Gasteiger partial charge in [-0.2, -0.15) is 0 Å². The maximum atomic E-state index is 13.1. The first-order valence-corrected chi connectivity index (χ1v) is 13.8. The molecule has 0 aromatic rings. The zero-order valence-electron chi connectivity index (χ0n) is 19.6. The Morgan fingerprint density at radius 1 is 1.06 bits per heavy atom. The minimum Gasteiger partial charge on any atom is -0.379 e. The topological polar surface area (TPSA) is 97.6 Å². The van der Waals surface area contributed by atoms with Crippen LogP contribution >= 0.6 is 11.8 Å². The molecule has 3 heterocycles. The number of rotatable bonds is 6. The number of hydrogen-bond acceptors (Lipinski definition) is 7. The van der Waals surface area contributed by atoms with E-state index in [9.17, 15) is 4.79 Å². The number of carbonyl (C=O) groups excluding carboxylic acids is 1. The van der Waals surface area contributed by atoms with Crippen LogP contribution in [0, 0.1) is 23.7 Å². The number of thioether (sulfide) groups is 1. The molecule has 0 aromatic heterocycles. The summed E-state index contributed by atoms with van der Waals surface area (Å²) in [6.45, 7) is 1.89. The van der Waals surface area contributed by atoms with Gasteiger partial charge in [0.15, 0.2) is 0 Å². The van der Waals surface area contributed by atoms with Crippen molar-refractivity contribution in [3.8, 4) is 0 Å². The molecule has 2 saturated carbocycles. The second-order valence-corrected chi connectivity index (χ2v) is 12.1. The van der Waals surface area contributed by atoms with Crippen LogP contribution in [-0.4, -0.2) is 74.2 Å². The molecule has 5 fully saturated rings. The minimum absolute atomic E-state index is 0.0875. The van der Waals surface area contributed by atoms with Crippen LogP contribution in [-0.2, 0) is 14.3 Å². The van der Waals surface area contributed by atoms with Gasteiger partial charge in [-0.25, -0.2) is 0 Å². The van der Waals surface area contributed by atoms with E-state index in [2.05, 4.69) is 16.0 Å². The maximum Gasteiger partial charge on any atom is 0.234 e. The number of fused-ring (bicyclic) bond motifs is 3. The normalized spacial score (nSPS) is 48.0. The lowest BCUT2D eigenvalue weighted by Crippen LogP contribution is -2.58. The summed E-state index contributed by atoms with van der Waals surface area (Å²) >= 11 is 1.75. The van der Waals surface area contributed by atoms with Crippen LogP contribution in [0.1, 0.15) is 51.4 Å². The Balaban J connectivity index is 1.12. The average molecular weight is 467 g/mol. The molecule has 0 bridgehead atoms. The van der Waals surface area contributed by atoms with E-state index in [1.165, 1.54) is 25.7 Å². The molecule has 182 valence electrons. The first kappa shape index (κ1) is 23.4. The van der Waals surface area contributed by atoms with Crippen molar-refractivity contribution < 1.29 is 14.3 Å². The van der Waals surface area contributed by atoms with Crippen molar-refractivity contribution in [3.05, 3.63) is 0 Å². The standard InChI is InChI=1S/C24H42N4O3S/c1-30-19-10-14-9-16-21(25)22(32-24(16)28-18(14)11-20(19)31-2)23(29)26-8-7-13-12-27-17-6-4-3-5-15(13)17/h13-22,24,27-28H,3-12,25H2,1-2H3,(H,26,29). The van der Waals surface area contributed by atoms with Crippen molar-refractivity contribution >= 4 is 17.7 Å². The third-order valence-corrected chi connectivity index (χ3v) is 10.8. The van der Waals surface area contributed by atoms with Crippen LogP contribution in [0.15, 0.2) is 0 Å². The van der Waals surface area contributed by atoms with Gasteiger partial charge in [0.1, 0.15) is 5.25 Å². The van der Waals surface area contributed by atoms with Gasteiger partial charge >= 0.3 is 0 Å². The van der Waals surface area contributed by atoms with Gasteiger partial charge in [0.25, 0.3) is 0 Å². The smallest absolute Gasteiger partial charge is 0.234 e. The zero-order valence-corrected chi connectivity index (χ0v) is 20.4. The van der Waals surface area contributed by atoms with Crippen molar-refractivity contribution in [1.82, 2.24) is 16.0 Å². The number of carbonyl (C=O) groups is 1. The fourth-order valence-corrected chi connectivity index (χ4v) is 9.07. The molecule has 0 spiro atoms. The fourth-order valence-electron chi connectivity index (χ4n) is 7.42. The molecule has 11 atom stereocenters. The van der Waals surface area contributed by atoms with Crippen LogP contribution in [0.3, 0.4) is 0 Å². The summed E-state index contributed by atoms with van der Waals surface area (Å²) in [6, 6.07) is 1.05. The molecule has 32 heavy (non-hydrogen) atoms. The SMILES string of the molecule is COC1CC2CC3C(NC2CC1OC)SC(C(=O)NCCC1CNC2CCCCC12)C3N. The number of piperidine rings is 1. The largest absolute Gasteiger partial charge is 0.379 e. The van der Waals surface area contributed by atoms with E-state index in [-0.39, 0.29) is 34.8 Å². The Morgan fingerprint density at radius 3 is 2.66 bits per heavy atom. The number of hydrogen-bond donors (Lipinski definition) is 4. The predicted octanol–water partition coefficient (Wildman–Crippen LogP) is 1.46. The molecular weight excluding hydrogens is 424 g/mol. The molecule has 1 amide bonds. The first-order valence-electron chi connectivity index (χ1n) is 12.8. The molecule has 8 heteroatoms. The molecule has 3 saturated heterocycles. The maximum absolute atomic E-state index is 13.1. The van der Waals surface area contributed by atoms with Crippen molar-refractivity contribution in [2.75, 3.05) is 27.3 Å². The zero-order chi connectivity index (χ0) is 22.2. The minimum atomic E-state index is -0.154. The molecule has 7 nitrogen and oxygen atoms in total. The lowest BCUT2D eigenvalue weighted by atomic mass is 9.72. The quantitative estimate of drug-likeness (QED) is 0.470. The number of nitrogens with one attached hydrogen (secondary N) is 3. The van der Waals surface area contributed by atoms with E-state index in [1.807, 2.05) is 0 Å². The highest BCUT2D eigenvalue weighted by Gasteiger charge is 2.52. The summed E-state index contributed by atoms with van der Waals surface area (Å²) in [5.41, 5.74) is 6.67. The van der Waals surface area contributed by atoms with E-state index in [1.54, 1.807) is 26.0 Å². The molecule has 3 aliphatic heterocycles. The number of ether oxygens (including phenoxy) is 2. The molecule has 5 N–H and O–H groups in total. The molecule has 2 aliphatic carbocycles. The lowest BCUT2D eigenvalue weighted by Gasteiger charge is -2.47. The summed E-state index contributed by atoms with van der Waals surface area (Å²) in [4.78, 5) is 13.1. The number of nitrogens with two attached hydrogens (primary N) is 1. The van der Waals surface area contributed by atoms with Gasteiger partial charge in [0.05, 0.1) is 17.6 Å². The van der Waals surface area contributed by atoms with Gasteiger partial charge < -0.3 is 31.2 Å². The van der Waals surface area contributed by atoms with E-state index < -0.39 is 0 Å². The Morgan fingerprint density at radius 2 is 1.84 bits per heavy atom. The van der Waals surface area contributed by atoms with Crippen molar-refractivity contribution in [2.24, 2.45) is 29.4 Å². The van der Waals surface area contributed by atoms with E-state index in [0.717, 1.165) is 50.7 Å². The highest BCUT2D eigenvalue weighted by atomic mass is 32.2. The summed E-state index contributed by atoms with van der Waals surface area (Å²) in [6.07, 6.45) is 9.83. The van der Waals surface area contributed by atoms with Crippen molar-refractivity contribution in [2.45, 2.75) is 92.3 Å². The van der Waals surface area contributed by atoms with Gasteiger partial charge in [-0.05, 0) is 62.8 Å². The Labute approximate surface area is 197 Å². The van der Waals surface area contributed by atoms with E-state index in [0.29, 0.717) is 23.8 Å². The highest BCUT2D eigenvalue weighted by molar-refractivity contribution is 8.01. The molecule has 11 unspecified atom stereocenters. The number of amides is 1. The molecule has 0 radical (unpaired) electrons. The third kappa shape index (κ3) is 4.48. The monoisotopic (exact) mass is 466 g/mol. The second-order valence-electron chi connectivity index (χ2n) is 10.8. The summed E-state index contributed by atoms with van der Waals surface area (Å²) in [7, 11) is 3.56. The Kier molecular flexibility index (Phi) is 7.36.